The van der Waals surface area contributed by atoms with E-state index in [1.165, 1.54) is 12.1 Å². The van der Waals surface area contributed by atoms with Crippen LogP contribution in [-0.4, -0.2) is 32.9 Å². The van der Waals surface area contributed by atoms with Gasteiger partial charge in [0.05, 0.1) is 11.6 Å². The van der Waals surface area contributed by atoms with Crippen LogP contribution in [0.25, 0.3) is 0 Å². The Morgan fingerprint density at radius 3 is 2.62 bits per heavy atom. The molecular formula is C10H15N3O3. The summed E-state index contributed by atoms with van der Waals surface area (Å²) in [6.45, 7) is 4.98. The number of aromatic nitrogens is 2. The van der Waals surface area contributed by atoms with E-state index in [9.17, 15) is 14.7 Å². The van der Waals surface area contributed by atoms with E-state index in [0.717, 1.165) is 0 Å². The molecule has 0 spiro atoms. The molecular weight excluding hydrogens is 210 g/mol. The second kappa shape index (κ2) is 4.44. The van der Waals surface area contributed by atoms with E-state index in [2.05, 4.69) is 15.5 Å². The van der Waals surface area contributed by atoms with Crippen LogP contribution in [0.4, 0.5) is 0 Å². The third-order valence-corrected chi connectivity index (χ3v) is 2.39. The number of amides is 1. The molecule has 0 saturated heterocycles. The maximum atomic E-state index is 11.7. The number of carbonyl (C=O) groups excluding carboxylic acids is 1. The lowest BCUT2D eigenvalue weighted by atomic mass is 9.98. The van der Waals surface area contributed by atoms with E-state index < -0.39 is 17.6 Å². The molecule has 1 unspecified atom stereocenters. The Morgan fingerprint density at radius 1 is 1.56 bits per heavy atom. The summed E-state index contributed by atoms with van der Waals surface area (Å²) in [5, 5.41) is 17.8. The fourth-order valence-electron chi connectivity index (χ4n) is 0.932. The maximum Gasteiger partial charge on any atom is 0.272 e. The highest BCUT2D eigenvalue weighted by molar-refractivity contribution is 5.92. The van der Waals surface area contributed by atoms with Gasteiger partial charge in [-0.05, 0) is 26.8 Å². The van der Waals surface area contributed by atoms with Gasteiger partial charge in [-0.25, -0.2) is 5.10 Å². The molecule has 3 N–H and O–H groups in total. The number of aliphatic hydroxyl groups excluding tert-OH is 1. The van der Waals surface area contributed by atoms with Crippen molar-refractivity contribution in [2.24, 2.45) is 0 Å². The number of aromatic amines is 1. The molecule has 88 valence electrons. The fourth-order valence-corrected chi connectivity index (χ4v) is 0.932. The standard InChI is InChI=1S/C10H15N3O3/c1-6(14)10(2,3)11-9(16)7-4-5-8(15)13-12-7/h4-6,14H,1-3H3,(H,11,16)(H,13,15). The van der Waals surface area contributed by atoms with Crippen LogP contribution in [0, 0.1) is 0 Å². The van der Waals surface area contributed by atoms with Crippen molar-refractivity contribution < 1.29 is 9.90 Å². The molecule has 16 heavy (non-hydrogen) atoms. The highest BCUT2D eigenvalue weighted by atomic mass is 16.3. The van der Waals surface area contributed by atoms with Crippen LogP contribution < -0.4 is 10.9 Å². The number of aliphatic hydroxyl groups is 1. The third kappa shape index (κ3) is 2.90. The van der Waals surface area contributed by atoms with Gasteiger partial charge in [-0.3, -0.25) is 9.59 Å². The first kappa shape index (κ1) is 12.4. The Morgan fingerprint density at radius 2 is 2.19 bits per heavy atom. The Hall–Kier alpha value is -1.69. The average molecular weight is 225 g/mol. The lowest BCUT2D eigenvalue weighted by Crippen LogP contribution is -2.51. The molecule has 6 nitrogen and oxygen atoms in total. The van der Waals surface area contributed by atoms with Crippen molar-refractivity contribution in [3.05, 3.63) is 28.2 Å². The van der Waals surface area contributed by atoms with E-state index in [1.54, 1.807) is 20.8 Å². The van der Waals surface area contributed by atoms with Gasteiger partial charge in [0.1, 0.15) is 5.69 Å². The molecule has 1 aromatic heterocycles. The molecule has 0 bridgehead atoms. The van der Waals surface area contributed by atoms with Crippen LogP contribution in [-0.2, 0) is 0 Å². The van der Waals surface area contributed by atoms with Crippen LogP contribution in [0.5, 0.6) is 0 Å². The summed E-state index contributed by atoms with van der Waals surface area (Å²) in [6.07, 6.45) is -0.695. The molecule has 1 amide bonds. The SMILES string of the molecule is CC(O)C(C)(C)NC(=O)c1ccc(=O)[nH]n1. The monoisotopic (exact) mass is 225 g/mol. The van der Waals surface area contributed by atoms with E-state index in [0.29, 0.717) is 0 Å². The zero-order chi connectivity index (χ0) is 12.3. The van der Waals surface area contributed by atoms with Crippen molar-refractivity contribution in [3.63, 3.8) is 0 Å². The minimum atomic E-state index is -0.755. The summed E-state index contributed by atoms with van der Waals surface area (Å²) in [7, 11) is 0. The van der Waals surface area contributed by atoms with Crippen LogP contribution in [0.15, 0.2) is 16.9 Å². The topological polar surface area (TPSA) is 95.1 Å². The second-order valence-electron chi connectivity index (χ2n) is 4.16. The predicted octanol–water partition coefficient (Wildman–Crippen LogP) is -0.341. The quantitative estimate of drug-likeness (QED) is 0.655. The number of H-pyrrole nitrogens is 1. The van der Waals surface area contributed by atoms with Gasteiger partial charge < -0.3 is 10.4 Å². The normalized spacial score (nSPS) is 13.2. The van der Waals surface area contributed by atoms with Crippen LogP contribution in [0.1, 0.15) is 31.3 Å². The summed E-state index contributed by atoms with van der Waals surface area (Å²) in [5.74, 6) is -0.442. The predicted molar refractivity (Wildman–Crippen MR) is 58.1 cm³/mol. The molecule has 0 fully saturated rings. The largest absolute Gasteiger partial charge is 0.391 e. The van der Waals surface area contributed by atoms with Gasteiger partial charge in [0, 0.05) is 6.07 Å². The summed E-state index contributed by atoms with van der Waals surface area (Å²) < 4.78 is 0. The number of nitrogens with zero attached hydrogens (tertiary/aromatic N) is 1. The van der Waals surface area contributed by atoms with Crippen molar-refractivity contribution in [3.8, 4) is 0 Å². The molecule has 0 aliphatic heterocycles. The molecule has 1 atom stereocenters. The Balaban J connectivity index is 2.80. The third-order valence-electron chi connectivity index (χ3n) is 2.39. The first-order valence-corrected chi connectivity index (χ1v) is 4.89. The number of hydrogen-bond acceptors (Lipinski definition) is 4. The molecule has 0 aromatic carbocycles. The number of hydrogen-bond donors (Lipinski definition) is 3. The van der Waals surface area contributed by atoms with Gasteiger partial charge in [-0.2, -0.15) is 5.10 Å². The van der Waals surface area contributed by atoms with Crippen molar-refractivity contribution in [1.82, 2.24) is 15.5 Å². The van der Waals surface area contributed by atoms with E-state index in [1.807, 2.05) is 0 Å². The van der Waals surface area contributed by atoms with Gasteiger partial charge in [0.15, 0.2) is 0 Å². The zero-order valence-electron chi connectivity index (χ0n) is 9.44. The second-order valence-corrected chi connectivity index (χ2v) is 4.16. The lowest BCUT2D eigenvalue weighted by molar-refractivity contribution is 0.0704. The van der Waals surface area contributed by atoms with Crippen molar-refractivity contribution in [1.29, 1.82) is 0 Å². The van der Waals surface area contributed by atoms with Crippen molar-refractivity contribution in [2.45, 2.75) is 32.4 Å². The molecule has 1 rings (SSSR count). The average Bonchev–Trinajstić information content (AvgIpc) is 2.17. The van der Waals surface area contributed by atoms with Crippen molar-refractivity contribution >= 4 is 5.91 Å². The zero-order valence-corrected chi connectivity index (χ0v) is 9.44. The number of nitrogens with one attached hydrogen (secondary N) is 2. The summed E-state index contributed by atoms with van der Waals surface area (Å²) in [4.78, 5) is 22.4. The molecule has 6 heteroatoms. The molecule has 0 saturated carbocycles. The van der Waals surface area contributed by atoms with Gasteiger partial charge in [0.25, 0.3) is 11.5 Å². The molecule has 1 aromatic rings. The Bertz CT molecular complexity index is 417. The van der Waals surface area contributed by atoms with Crippen LogP contribution in [0.3, 0.4) is 0 Å². The minimum absolute atomic E-state index is 0.105. The molecule has 0 aliphatic carbocycles. The highest BCUT2D eigenvalue weighted by Crippen LogP contribution is 2.08. The summed E-state index contributed by atoms with van der Waals surface area (Å²) in [6, 6.07) is 2.55. The molecule has 1 heterocycles. The number of carbonyl (C=O) groups is 1. The smallest absolute Gasteiger partial charge is 0.272 e. The fraction of sp³-hybridized carbons (Fsp3) is 0.500. The van der Waals surface area contributed by atoms with Gasteiger partial charge in [-0.15, -0.1) is 0 Å². The van der Waals surface area contributed by atoms with Crippen LogP contribution >= 0.6 is 0 Å². The first-order chi connectivity index (χ1) is 7.33. The van der Waals surface area contributed by atoms with E-state index in [-0.39, 0.29) is 11.3 Å². The molecule has 0 aliphatic rings. The van der Waals surface area contributed by atoms with Gasteiger partial charge >= 0.3 is 0 Å². The van der Waals surface area contributed by atoms with E-state index >= 15 is 0 Å². The maximum absolute atomic E-state index is 11.7. The summed E-state index contributed by atoms with van der Waals surface area (Å²) >= 11 is 0. The lowest BCUT2D eigenvalue weighted by Gasteiger charge is -2.28. The highest BCUT2D eigenvalue weighted by Gasteiger charge is 2.26. The Labute approximate surface area is 92.7 Å². The van der Waals surface area contributed by atoms with Crippen LogP contribution in [0.2, 0.25) is 0 Å². The molecule has 0 radical (unpaired) electrons. The van der Waals surface area contributed by atoms with Gasteiger partial charge in [0.2, 0.25) is 0 Å². The number of rotatable bonds is 3. The van der Waals surface area contributed by atoms with Crippen molar-refractivity contribution in [2.75, 3.05) is 0 Å². The minimum Gasteiger partial charge on any atom is -0.391 e. The van der Waals surface area contributed by atoms with E-state index in [4.69, 9.17) is 0 Å². The first-order valence-electron chi connectivity index (χ1n) is 4.89. The summed E-state index contributed by atoms with van der Waals surface area (Å²) in [5.41, 5.74) is -1.02. The van der Waals surface area contributed by atoms with Gasteiger partial charge in [-0.1, -0.05) is 0 Å². The Kier molecular flexibility index (Phi) is 3.44.